The van der Waals surface area contributed by atoms with E-state index in [0.717, 1.165) is 43.5 Å². The Morgan fingerprint density at radius 1 is 1.10 bits per heavy atom. The van der Waals surface area contributed by atoms with Gasteiger partial charge in [0, 0.05) is 25.2 Å². The highest BCUT2D eigenvalue weighted by Gasteiger charge is 2.17. The van der Waals surface area contributed by atoms with Crippen LogP contribution in [-0.4, -0.2) is 23.7 Å². The highest BCUT2D eigenvalue weighted by Crippen LogP contribution is 2.32. The van der Waals surface area contributed by atoms with Gasteiger partial charge in [0.25, 0.3) is 0 Å². The molecule has 2 aromatic rings. The largest absolute Gasteiger partial charge is 0.488 e. The fourth-order valence-corrected chi connectivity index (χ4v) is 3.49. The van der Waals surface area contributed by atoms with Gasteiger partial charge in [0.1, 0.15) is 5.75 Å². The number of ether oxygens (including phenoxy) is 1. The third-order valence-corrected chi connectivity index (χ3v) is 5.39. The van der Waals surface area contributed by atoms with Crippen LogP contribution in [0.15, 0.2) is 48.5 Å². The van der Waals surface area contributed by atoms with Crippen molar-refractivity contribution in [3.8, 4) is 5.75 Å². The average molecular weight is 442 g/mol. The molecule has 0 aliphatic carbocycles. The number of rotatable bonds is 11. The van der Waals surface area contributed by atoms with Crippen molar-refractivity contribution in [1.82, 2.24) is 5.32 Å². The maximum atomic E-state index is 11.7. The molecule has 0 fully saturated rings. The molecule has 0 aliphatic heterocycles. The van der Waals surface area contributed by atoms with Crippen LogP contribution in [0, 0.1) is 0 Å². The van der Waals surface area contributed by atoms with Crippen molar-refractivity contribution >= 4 is 34.6 Å². The summed E-state index contributed by atoms with van der Waals surface area (Å²) in [4.78, 5) is 13.8. The molecule has 0 saturated carbocycles. The van der Waals surface area contributed by atoms with Crippen LogP contribution in [0.1, 0.15) is 58.9 Å². The van der Waals surface area contributed by atoms with Crippen molar-refractivity contribution in [3.05, 3.63) is 54.1 Å². The van der Waals surface area contributed by atoms with Gasteiger partial charge in [-0.15, -0.1) is 0 Å². The number of anilines is 2. The van der Waals surface area contributed by atoms with Crippen molar-refractivity contribution in [2.75, 3.05) is 16.8 Å². The van der Waals surface area contributed by atoms with E-state index >= 15 is 0 Å². The molecule has 0 bridgehead atoms. The first kappa shape index (κ1) is 24.7. The minimum absolute atomic E-state index is 0.0833. The molecule has 0 saturated heterocycles. The highest BCUT2D eigenvalue weighted by molar-refractivity contribution is 7.80. The van der Waals surface area contributed by atoms with Crippen LogP contribution in [0.4, 0.5) is 11.4 Å². The Hall–Kier alpha value is -2.60. The second-order valence-corrected chi connectivity index (χ2v) is 7.96. The monoisotopic (exact) mass is 441 g/mol. The zero-order chi connectivity index (χ0) is 22.6. The zero-order valence-corrected chi connectivity index (χ0v) is 19.9. The number of amides is 1. The van der Waals surface area contributed by atoms with Gasteiger partial charge >= 0.3 is 0 Å². The van der Waals surface area contributed by atoms with Crippen LogP contribution in [0.3, 0.4) is 0 Å². The van der Waals surface area contributed by atoms with Gasteiger partial charge in [0.2, 0.25) is 5.91 Å². The van der Waals surface area contributed by atoms with Crippen LogP contribution in [0.2, 0.25) is 0 Å². The number of thiocarbonyl (C=S) groups is 1. The predicted octanol–water partition coefficient (Wildman–Crippen LogP) is 5.89. The molecule has 0 aromatic heterocycles. The van der Waals surface area contributed by atoms with Crippen LogP contribution in [0.5, 0.6) is 5.75 Å². The minimum atomic E-state index is -0.125. The number of hydrogen-bond acceptors (Lipinski definition) is 3. The topological polar surface area (TPSA) is 53.6 Å². The molecule has 6 heteroatoms. The van der Waals surface area contributed by atoms with Crippen molar-refractivity contribution < 1.29 is 9.53 Å². The fraction of sp³-hybridized carbons (Fsp3) is 0.440. The van der Waals surface area contributed by atoms with E-state index in [0.29, 0.717) is 23.1 Å². The Morgan fingerprint density at radius 3 is 2.42 bits per heavy atom. The van der Waals surface area contributed by atoms with Crippen LogP contribution >= 0.6 is 12.2 Å². The van der Waals surface area contributed by atoms with E-state index in [2.05, 4.69) is 48.4 Å². The van der Waals surface area contributed by atoms with Crippen LogP contribution in [0.25, 0.3) is 0 Å². The van der Waals surface area contributed by atoms with E-state index in [9.17, 15) is 4.79 Å². The lowest BCUT2D eigenvalue weighted by Gasteiger charge is -2.28. The maximum absolute atomic E-state index is 11.7. The molecular formula is C25H35N3O2S. The Bertz CT molecular complexity index is 838. The summed E-state index contributed by atoms with van der Waals surface area (Å²) in [7, 11) is 0. The summed E-state index contributed by atoms with van der Waals surface area (Å²) in [6, 6.07) is 16.1. The Labute approximate surface area is 192 Å². The number of carbonyl (C=O) groups excluding carboxylic acids is 1. The van der Waals surface area contributed by atoms with Gasteiger partial charge < -0.3 is 20.3 Å². The average Bonchev–Trinajstić information content (AvgIpc) is 2.77. The summed E-state index contributed by atoms with van der Waals surface area (Å²) >= 11 is 5.75. The van der Waals surface area contributed by atoms with Crippen molar-refractivity contribution in [3.63, 3.8) is 0 Å². The lowest BCUT2D eigenvalue weighted by Crippen LogP contribution is -2.39. The van der Waals surface area contributed by atoms with E-state index in [4.69, 9.17) is 17.0 Å². The Kier molecular flexibility index (Phi) is 10.3. The van der Waals surface area contributed by atoms with Gasteiger partial charge in [0.05, 0.1) is 18.3 Å². The maximum Gasteiger partial charge on any atom is 0.221 e. The quantitative estimate of drug-likeness (QED) is 0.336. The molecule has 31 heavy (non-hydrogen) atoms. The smallest absolute Gasteiger partial charge is 0.221 e. The highest BCUT2D eigenvalue weighted by atomic mass is 32.1. The summed E-state index contributed by atoms with van der Waals surface area (Å²) < 4.78 is 6.26. The molecule has 0 heterocycles. The lowest BCUT2D eigenvalue weighted by atomic mass is 10.1. The molecular weight excluding hydrogens is 406 g/mol. The number of nitrogens with one attached hydrogen (secondary N) is 2. The van der Waals surface area contributed by atoms with Gasteiger partial charge in [-0.1, -0.05) is 57.5 Å². The molecule has 168 valence electrons. The number of nitrogens with zero attached hydrogens (tertiary/aromatic N) is 1. The second-order valence-electron chi connectivity index (χ2n) is 7.58. The van der Waals surface area contributed by atoms with Crippen LogP contribution < -0.4 is 20.3 Å². The third-order valence-electron chi connectivity index (χ3n) is 5.03. The van der Waals surface area contributed by atoms with Gasteiger partial charge in [-0.3, -0.25) is 4.79 Å². The fourth-order valence-electron chi connectivity index (χ4n) is 3.22. The summed E-state index contributed by atoms with van der Waals surface area (Å²) in [5.74, 6) is 0.538. The Balaban J connectivity index is 2.39. The van der Waals surface area contributed by atoms with Gasteiger partial charge in [0.15, 0.2) is 5.11 Å². The van der Waals surface area contributed by atoms with E-state index < -0.39 is 0 Å². The number of carbonyl (C=O) groups is 1. The van der Waals surface area contributed by atoms with Gasteiger partial charge in [-0.25, -0.2) is 0 Å². The number of unbranched alkanes of at least 4 members (excludes halogenated alkanes) is 1. The van der Waals surface area contributed by atoms with Crippen LogP contribution in [-0.2, 0) is 11.3 Å². The van der Waals surface area contributed by atoms with E-state index in [1.54, 1.807) is 0 Å². The molecule has 0 atom stereocenters. The second kappa shape index (κ2) is 13.0. The molecule has 2 rings (SSSR count). The lowest BCUT2D eigenvalue weighted by molar-refractivity contribution is -0.114. The molecule has 0 aliphatic rings. The summed E-state index contributed by atoms with van der Waals surface area (Å²) in [6.45, 7) is 9.34. The van der Waals surface area contributed by atoms with Crippen molar-refractivity contribution in [2.24, 2.45) is 0 Å². The molecule has 2 aromatic carbocycles. The van der Waals surface area contributed by atoms with Gasteiger partial charge in [-0.05, 0) is 49.2 Å². The first-order valence-corrected chi connectivity index (χ1v) is 11.6. The normalized spacial score (nSPS) is 10.6. The standard InChI is InChI=1S/C25H35N3O2S/c1-5-8-16-26-25(31)28(18-20-12-10-9-11-13-20)21-14-15-23(27-19(4)29)24(17-21)30-22(6-2)7-3/h9-15,17,22H,5-8,16,18H2,1-4H3,(H,26,31)(H,27,29). The van der Waals surface area contributed by atoms with Gasteiger partial charge in [-0.2, -0.15) is 0 Å². The van der Waals surface area contributed by atoms with Crippen molar-refractivity contribution in [1.29, 1.82) is 0 Å². The molecule has 0 radical (unpaired) electrons. The van der Waals surface area contributed by atoms with E-state index in [-0.39, 0.29) is 12.0 Å². The van der Waals surface area contributed by atoms with E-state index in [1.165, 1.54) is 6.92 Å². The summed E-state index contributed by atoms with van der Waals surface area (Å²) in [6.07, 6.45) is 4.03. The third kappa shape index (κ3) is 7.87. The van der Waals surface area contributed by atoms with Crippen molar-refractivity contribution in [2.45, 2.75) is 66.0 Å². The van der Waals surface area contributed by atoms with E-state index in [1.807, 2.05) is 36.4 Å². The predicted molar refractivity (Wildman–Crippen MR) is 134 cm³/mol. The molecule has 0 unspecified atom stereocenters. The first-order chi connectivity index (χ1) is 15.0. The summed E-state index contributed by atoms with van der Waals surface area (Å²) in [5.41, 5.74) is 2.76. The molecule has 1 amide bonds. The Morgan fingerprint density at radius 2 is 1.81 bits per heavy atom. The zero-order valence-electron chi connectivity index (χ0n) is 19.1. The number of hydrogen-bond donors (Lipinski definition) is 2. The SMILES string of the molecule is CCCCNC(=S)N(Cc1ccccc1)c1ccc(NC(C)=O)c(OC(CC)CC)c1. The summed E-state index contributed by atoms with van der Waals surface area (Å²) in [5, 5.41) is 6.94. The molecule has 0 spiro atoms. The molecule has 2 N–H and O–H groups in total. The minimum Gasteiger partial charge on any atom is -0.488 e. The molecule has 5 nitrogen and oxygen atoms in total. The first-order valence-electron chi connectivity index (χ1n) is 11.2. The number of benzene rings is 2.